The highest BCUT2D eigenvalue weighted by Gasteiger charge is 2.24. The number of sulfonamides is 1. The Kier molecular flexibility index (Phi) is 5.91. The predicted molar refractivity (Wildman–Crippen MR) is 111 cm³/mol. The van der Waals surface area contributed by atoms with Crippen LogP contribution in [0.2, 0.25) is 0 Å². The standard InChI is InChI=1S/C20H19N3O3S2/c1-3-12-23(17-9-5-4-6-10-17)28(25,26)18-11-7-8-16(15-18)19(24)21-20-22(2)13-14-27-20/h3-11,13-15H,1,12H2,2H3. The Bertz CT molecular complexity index is 1160. The molecule has 0 unspecified atom stereocenters. The van der Waals surface area contributed by atoms with Crippen LogP contribution in [0.3, 0.4) is 0 Å². The summed E-state index contributed by atoms with van der Waals surface area (Å²) in [5.74, 6) is -0.495. The number of hydrogen-bond donors (Lipinski definition) is 0. The first-order valence-electron chi connectivity index (χ1n) is 8.41. The van der Waals surface area contributed by atoms with Crippen LogP contribution in [-0.4, -0.2) is 25.4 Å². The summed E-state index contributed by atoms with van der Waals surface area (Å²) < 4.78 is 29.4. The fourth-order valence-electron chi connectivity index (χ4n) is 2.56. The van der Waals surface area contributed by atoms with Gasteiger partial charge in [0.1, 0.15) is 0 Å². The number of para-hydroxylation sites is 1. The summed E-state index contributed by atoms with van der Waals surface area (Å²) in [6, 6.07) is 14.7. The smallest absolute Gasteiger partial charge is 0.279 e. The zero-order chi connectivity index (χ0) is 20.1. The van der Waals surface area contributed by atoms with E-state index in [9.17, 15) is 13.2 Å². The largest absolute Gasteiger partial charge is 0.327 e. The second-order valence-electron chi connectivity index (χ2n) is 5.90. The number of hydrogen-bond acceptors (Lipinski definition) is 4. The molecule has 0 aliphatic heterocycles. The third-order valence-electron chi connectivity index (χ3n) is 3.96. The summed E-state index contributed by atoms with van der Waals surface area (Å²) in [5.41, 5.74) is 0.732. The first-order valence-corrected chi connectivity index (χ1v) is 10.7. The van der Waals surface area contributed by atoms with Crippen molar-refractivity contribution in [3.8, 4) is 0 Å². The Morgan fingerprint density at radius 1 is 1.21 bits per heavy atom. The van der Waals surface area contributed by atoms with E-state index < -0.39 is 15.9 Å². The fourth-order valence-corrected chi connectivity index (χ4v) is 4.77. The van der Waals surface area contributed by atoms with E-state index in [1.807, 2.05) is 11.4 Å². The second kappa shape index (κ2) is 8.37. The monoisotopic (exact) mass is 413 g/mol. The Labute approximate surface area is 167 Å². The molecule has 0 atom stereocenters. The highest BCUT2D eigenvalue weighted by molar-refractivity contribution is 7.92. The molecule has 144 valence electrons. The first kappa shape index (κ1) is 19.8. The molecule has 3 rings (SSSR count). The van der Waals surface area contributed by atoms with Crippen molar-refractivity contribution < 1.29 is 13.2 Å². The molecular weight excluding hydrogens is 394 g/mol. The van der Waals surface area contributed by atoms with Gasteiger partial charge in [-0.1, -0.05) is 30.3 Å². The number of rotatable bonds is 6. The van der Waals surface area contributed by atoms with Gasteiger partial charge in [0.25, 0.3) is 15.9 Å². The van der Waals surface area contributed by atoms with Crippen molar-refractivity contribution in [3.63, 3.8) is 0 Å². The van der Waals surface area contributed by atoms with Crippen molar-refractivity contribution in [3.05, 3.63) is 89.2 Å². The van der Waals surface area contributed by atoms with Gasteiger partial charge in [-0.15, -0.1) is 17.9 Å². The highest BCUT2D eigenvalue weighted by Crippen LogP contribution is 2.24. The molecule has 0 N–H and O–H groups in total. The topological polar surface area (TPSA) is 71.7 Å². The van der Waals surface area contributed by atoms with Gasteiger partial charge in [0.15, 0.2) is 4.80 Å². The number of nitrogens with zero attached hydrogens (tertiary/aromatic N) is 3. The summed E-state index contributed by atoms with van der Waals surface area (Å²) in [5, 5.41) is 1.82. The first-order chi connectivity index (χ1) is 13.4. The van der Waals surface area contributed by atoms with Crippen molar-refractivity contribution in [2.75, 3.05) is 10.8 Å². The summed E-state index contributed by atoms with van der Waals surface area (Å²) >= 11 is 1.33. The zero-order valence-corrected chi connectivity index (χ0v) is 16.9. The molecule has 0 spiro atoms. The van der Waals surface area contributed by atoms with Crippen LogP contribution in [0.25, 0.3) is 0 Å². The number of carbonyl (C=O) groups excluding carboxylic acids is 1. The van der Waals surface area contributed by atoms with E-state index in [0.717, 1.165) is 0 Å². The number of amides is 1. The molecule has 0 radical (unpaired) electrons. The van der Waals surface area contributed by atoms with Gasteiger partial charge in [-0.25, -0.2) is 8.42 Å². The molecule has 0 saturated carbocycles. The van der Waals surface area contributed by atoms with Crippen LogP contribution < -0.4 is 9.11 Å². The van der Waals surface area contributed by atoms with Gasteiger partial charge in [0.2, 0.25) is 0 Å². The van der Waals surface area contributed by atoms with Gasteiger partial charge < -0.3 is 4.57 Å². The maximum atomic E-state index is 13.2. The molecule has 0 aliphatic carbocycles. The molecule has 0 bridgehead atoms. The van der Waals surface area contributed by atoms with Gasteiger partial charge >= 0.3 is 0 Å². The van der Waals surface area contributed by atoms with E-state index in [1.54, 1.807) is 54.2 Å². The molecule has 3 aromatic rings. The van der Waals surface area contributed by atoms with Crippen LogP contribution in [0.4, 0.5) is 5.69 Å². The third-order valence-corrected chi connectivity index (χ3v) is 6.60. The van der Waals surface area contributed by atoms with E-state index in [2.05, 4.69) is 11.6 Å². The minimum absolute atomic E-state index is 0.0230. The Hall–Kier alpha value is -2.97. The van der Waals surface area contributed by atoms with Gasteiger partial charge in [-0.2, -0.15) is 4.99 Å². The van der Waals surface area contributed by atoms with Gasteiger partial charge in [-0.3, -0.25) is 9.10 Å². The third kappa shape index (κ3) is 4.13. The summed E-state index contributed by atoms with van der Waals surface area (Å²) in [4.78, 5) is 17.1. The lowest BCUT2D eigenvalue weighted by Gasteiger charge is -2.23. The average molecular weight is 414 g/mol. The molecule has 8 heteroatoms. The molecule has 0 aliphatic rings. The Morgan fingerprint density at radius 2 is 1.96 bits per heavy atom. The minimum Gasteiger partial charge on any atom is -0.327 e. The lowest BCUT2D eigenvalue weighted by Crippen LogP contribution is -2.31. The summed E-state index contributed by atoms with van der Waals surface area (Å²) in [7, 11) is -2.09. The van der Waals surface area contributed by atoms with Crippen LogP contribution in [0.1, 0.15) is 10.4 Å². The molecule has 1 aromatic heterocycles. The normalized spacial score (nSPS) is 12.0. The second-order valence-corrected chi connectivity index (χ2v) is 8.64. The molecule has 28 heavy (non-hydrogen) atoms. The predicted octanol–water partition coefficient (Wildman–Crippen LogP) is 3.21. The van der Waals surface area contributed by atoms with E-state index >= 15 is 0 Å². The van der Waals surface area contributed by atoms with E-state index in [0.29, 0.717) is 10.5 Å². The van der Waals surface area contributed by atoms with Crippen molar-refractivity contribution in [1.29, 1.82) is 0 Å². The van der Waals surface area contributed by atoms with Gasteiger partial charge in [-0.05, 0) is 30.3 Å². The lowest BCUT2D eigenvalue weighted by atomic mass is 10.2. The van der Waals surface area contributed by atoms with Gasteiger partial charge in [0, 0.05) is 24.2 Å². The van der Waals surface area contributed by atoms with Crippen molar-refractivity contribution in [2.24, 2.45) is 12.0 Å². The Morgan fingerprint density at radius 3 is 2.61 bits per heavy atom. The molecule has 1 heterocycles. The number of thiazole rings is 1. The van der Waals surface area contributed by atoms with E-state index in [-0.39, 0.29) is 17.0 Å². The SMILES string of the molecule is C=CCN(c1ccccc1)S(=O)(=O)c1cccc(C(=O)N=c2sccn2C)c1. The maximum absolute atomic E-state index is 13.2. The van der Waals surface area contributed by atoms with Crippen LogP contribution in [0.5, 0.6) is 0 Å². The molecule has 6 nitrogen and oxygen atoms in total. The minimum atomic E-state index is -3.88. The average Bonchev–Trinajstić information content (AvgIpc) is 3.11. The molecule has 0 saturated heterocycles. The maximum Gasteiger partial charge on any atom is 0.279 e. The number of aromatic nitrogens is 1. The molecule has 2 aromatic carbocycles. The van der Waals surface area contributed by atoms with Crippen molar-refractivity contribution in [1.82, 2.24) is 4.57 Å². The van der Waals surface area contributed by atoms with Crippen LogP contribution in [0.15, 0.2) is 88.7 Å². The molecular formula is C20H19N3O3S2. The quantitative estimate of drug-likeness (QED) is 0.583. The number of anilines is 1. The Balaban J connectivity index is 2.01. The van der Waals surface area contributed by atoms with Crippen LogP contribution in [-0.2, 0) is 17.1 Å². The number of carbonyl (C=O) groups is 1. The van der Waals surface area contributed by atoms with E-state index in [1.165, 1.54) is 33.9 Å². The highest BCUT2D eigenvalue weighted by atomic mass is 32.2. The van der Waals surface area contributed by atoms with Crippen LogP contribution >= 0.6 is 11.3 Å². The summed E-state index contributed by atoms with van der Waals surface area (Å²) in [6.07, 6.45) is 3.32. The molecule has 1 amide bonds. The van der Waals surface area contributed by atoms with Crippen molar-refractivity contribution in [2.45, 2.75) is 4.90 Å². The zero-order valence-electron chi connectivity index (χ0n) is 15.2. The van der Waals surface area contributed by atoms with E-state index in [4.69, 9.17) is 0 Å². The van der Waals surface area contributed by atoms with Crippen LogP contribution in [0, 0.1) is 0 Å². The van der Waals surface area contributed by atoms with Gasteiger partial charge in [0.05, 0.1) is 17.1 Å². The summed E-state index contributed by atoms with van der Waals surface area (Å²) in [6.45, 7) is 3.76. The van der Waals surface area contributed by atoms with Crippen molar-refractivity contribution >= 4 is 33.0 Å². The number of aryl methyl sites for hydroxylation is 1. The number of benzene rings is 2. The lowest BCUT2D eigenvalue weighted by molar-refractivity contribution is 0.0997. The molecule has 0 fully saturated rings. The fraction of sp³-hybridized carbons (Fsp3) is 0.100.